The number of alkyl carbamates (subject to hydrolysis) is 1. The number of aromatic nitrogens is 3. The SMILES string of the molecule is CCC(CC)(CNC(=NC)NCCCc1nnc2ccccn12)NC(=O)OC(C)(C)C. The predicted molar refractivity (Wildman–Crippen MR) is 123 cm³/mol. The second-order valence-corrected chi connectivity index (χ2v) is 8.62. The first-order valence-corrected chi connectivity index (χ1v) is 11.0. The van der Waals surface area contributed by atoms with Crippen LogP contribution in [0.4, 0.5) is 4.79 Å². The zero-order chi connectivity index (χ0) is 22.9. The third-order valence-corrected chi connectivity index (χ3v) is 5.19. The summed E-state index contributed by atoms with van der Waals surface area (Å²) in [6, 6.07) is 5.87. The number of hydrogen-bond acceptors (Lipinski definition) is 5. The molecule has 31 heavy (non-hydrogen) atoms. The van der Waals surface area contributed by atoms with Crippen molar-refractivity contribution in [2.75, 3.05) is 20.1 Å². The third kappa shape index (κ3) is 7.41. The third-order valence-electron chi connectivity index (χ3n) is 5.19. The normalized spacial score (nSPS) is 12.6. The van der Waals surface area contributed by atoms with Crippen LogP contribution in [0.15, 0.2) is 29.4 Å². The standard InChI is InChI=1S/C22H37N7O2/c1-7-22(8-2,26-20(30)31-21(3,4)5)16-25-19(23-6)24-14-11-13-18-28-27-17-12-9-10-15-29(17)18/h9-10,12,15H,7-8,11,13-14,16H2,1-6H3,(H,26,30)(H2,23,24,25). The van der Waals surface area contributed by atoms with Crippen LogP contribution in [0.3, 0.4) is 0 Å². The zero-order valence-corrected chi connectivity index (χ0v) is 19.7. The summed E-state index contributed by atoms with van der Waals surface area (Å²) in [5, 5.41) is 18.2. The lowest BCUT2D eigenvalue weighted by molar-refractivity contribution is 0.0448. The van der Waals surface area contributed by atoms with E-state index in [0.29, 0.717) is 12.5 Å². The first-order chi connectivity index (χ1) is 14.7. The zero-order valence-electron chi connectivity index (χ0n) is 19.7. The molecule has 2 aromatic rings. The van der Waals surface area contributed by atoms with Gasteiger partial charge in [0.1, 0.15) is 11.4 Å². The number of nitrogens with one attached hydrogen (secondary N) is 3. The van der Waals surface area contributed by atoms with E-state index in [-0.39, 0.29) is 0 Å². The molecule has 3 N–H and O–H groups in total. The molecule has 2 rings (SSSR count). The molecule has 0 bridgehead atoms. The lowest BCUT2D eigenvalue weighted by Gasteiger charge is -2.34. The van der Waals surface area contributed by atoms with Crippen molar-refractivity contribution in [2.24, 2.45) is 4.99 Å². The largest absolute Gasteiger partial charge is 0.444 e. The van der Waals surface area contributed by atoms with E-state index in [1.165, 1.54) is 0 Å². The summed E-state index contributed by atoms with van der Waals surface area (Å²) in [7, 11) is 1.74. The van der Waals surface area contributed by atoms with E-state index in [9.17, 15) is 4.79 Å². The Hall–Kier alpha value is -2.84. The molecule has 0 aliphatic carbocycles. The van der Waals surface area contributed by atoms with Crippen LogP contribution in [-0.2, 0) is 11.2 Å². The highest BCUT2D eigenvalue weighted by atomic mass is 16.6. The molecule has 0 unspecified atom stereocenters. The Morgan fingerprint density at radius 1 is 1.16 bits per heavy atom. The summed E-state index contributed by atoms with van der Waals surface area (Å²) in [6.45, 7) is 11.0. The number of aryl methyl sites for hydroxylation is 1. The molecule has 0 saturated heterocycles. The van der Waals surface area contributed by atoms with Crippen LogP contribution in [0, 0.1) is 0 Å². The monoisotopic (exact) mass is 431 g/mol. The van der Waals surface area contributed by atoms with Gasteiger partial charge in [0.05, 0.1) is 5.54 Å². The number of amides is 1. The minimum absolute atomic E-state index is 0.401. The molecule has 172 valence electrons. The number of aliphatic imine (C=N–C) groups is 1. The van der Waals surface area contributed by atoms with Gasteiger partial charge in [-0.15, -0.1) is 10.2 Å². The lowest BCUT2D eigenvalue weighted by Crippen LogP contribution is -2.57. The van der Waals surface area contributed by atoms with Crippen molar-refractivity contribution in [3.8, 4) is 0 Å². The van der Waals surface area contributed by atoms with Crippen LogP contribution in [-0.4, -0.2) is 57.9 Å². The van der Waals surface area contributed by atoms with Gasteiger partial charge in [0.2, 0.25) is 0 Å². The van der Waals surface area contributed by atoms with Crippen LogP contribution in [0.5, 0.6) is 0 Å². The van der Waals surface area contributed by atoms with Crippen LogP contribution in [0.2, 0.25) is 0 Å². The summed E-state index contributed by atoms with van der Waals surface area (Å²) in [4.78, 5) is 16.6. The van der Waals surface area contributed by atoms with Gasteiger partial charge in [0.25, 0.3) is 0 Å². The van der Waals surface area contributed by atoms with Crippen molar-refractivity contribution in [2.45, 2.75) is 71.4 Å². The molecule has 0 saturated carbocycles. The van der Waals surface area contributed by atoms with Gasteiger partial charge in [-0.1, -0.05) is 19.9 Å². The molecule has 9 heteroatoms. The molecule has 1 amide bonds. The molecule has 0 radical (unpaired) electrons. The number of fused-ring (bicyclic) bond motifs is 1. The number of hydrogen-bond donors (Lipinski definition) is 3. The molecule has 2 heterocycles. The fraction of sp³-hybridized carbons (Fsp3) is 0.636. The van der Waals surface area contributed by atoms with Gasteiger partial charge in [0.15, 0.2) is 11.6 Å². The smallest absolute Gasteiger partial charge is 0.408 e. The van der Waals surface area contributed by atoms with Gasteiger partial charge in [-0.3, -0.25) is 9.39 Å². The van der Waals surface area contributed by atoms with E-state index in [0.717, 1.165) is 43.7 Å². The molecule has 0 spiro atoms. The van der Waals surface area contributed by atoms with Gasteiger partial charge in [-0.05, 0) is 52.2 Å². The van der Waals surface area contributed by atoms with E-state index in [2.05, 4.69) is 45.0 Å². The van der Waals surface area contributed by atoms with Crippen LogP contribution in [0.25, 0.3) is 5.65 Å². The van der Waals surface area contributed by atoms with Gasteiger partial charge >= 0.3 is 6.09 Å². The second-order valence-electron chi connectivity index (χ2n) is 8.62. The van der Waals surface area contributed by atoms with Crippen molar-refractivity contribution >= 4 is 17.7 Å². The average Bonchev–Trinajstić information content (AvgIpc) is 3.14. The highest BCUT2D eigenvalue weighted by Crippen LogP contribution is 2.16. The molecular formula is C22H37N7O2. The Labute approximate surface area is 185 Å². The van der Waals surface area contributed by atoms with Crippen molar-refractivity contribution < 1.29 is 9.53 Å². The topological polar surface area (TPSA) is 105 Å². The second kappa shape index (κ2) is 11.0. The average molecular weight is 432 g/mol. The Balaban J connectivity index is 1.83. The number of nitrogens with zero attached hydrogens (tertiary/aromatic N) is 4. The summed E-state index contributed by atoms with van der Waals surface area (Å²) in [5.41, 5.74) is -0.0887. The molecule has 0 aliphatic rings. The molecule has 9 nitrogen and oxygen atoms in total. The fourth-order valence-corrected chi connectivity index (χ4v) is 3.23. The van der Waals surface area contributed by atoms with E-state index in [1.54, 1.807) is 7.05 Å². The quantitative estimate of drug-likeness (QED) is 0.320. The maximum Gasteiger partial charge on any atom is 0.408 e. The van der Waals surface area contributed by atoms with Crippen molar-refractivity contribution in [1.29, 1.82) is 0 Å². The van der Waals surface area contributed by atoms with Crippen molar-refractivity contribution in [1.82, 2.24) is 30.5 Å². The van der Waals surface area contributed by atoms with Crippen LogP contribution in [0.1, 0.15) is 59.7 Å². The van der Waals surface area contributed by atoms with Gasteiger partial charge in [0, 0.05) is 32.8 Å². The van der Waals surface area contributed by atoms with E-state index in [1.807, 2.05) is 49.6 Å². The molecule has 2 aromatic heterocycles. The maximum absolute atomic E-state index is 12.3. The molecule has 0 aliphatic heterocycles. The molecule has 0 aromatic carbocycles. The van der Waals surface area contributed by atoms with Gasteiger partial charge in [-0.25, -0.2) is 4.79 Å². The minimum Gasteiger partial charge on any atom is -0.444 e. The van der Waals surface area contributed by atoms with E-state index < -0.39 is 17.2 Å². The summed E-state index contributed by atoms with van der Waals surface area (Å²) >= 11 is 0. The number of rotatable bonds is 9. The molecule has 0 fully saturated rings. The van der Waals surface area contributed by atoms with Crippen molar-refractivity contribution in [3.63, 3.8) is 0 Å². The maximum atomic E-state index is 12.3. The Bertz CT molecular complexity index is 866. The highest BCUT2D eigenvalue weighted by molar-refractivity contribution is 5.79. The Kier molecular flexibility index (Phi) is 8.65. The summed E-state index contributed by atoms with van der Waals surface area (Å²) in [6.07, 6.45) is 4.81. The number of ether oxygens (including phenoxy) is 1. The molecular weight excluding hydrogens is 394 g/mol. The number of guanidine groups is 1. The number of carbonyl (C=O) groups excluding carboxylic acids is 1. The Morgan fingerprint density at radius 3 is 2.55 bits per heavy atom. The first-order valence-electron chi connectivity index (χ1n) is 11.0. The van der Waals surface area contributed by atoms with E-state index >= 15 is 0 Å². The predicted octanol–water partition coefficient (Wildman–Crippen LogP) is 2.91. The van der Waals surface area contributed by atoms with Crippen molar-refractivity contribution in [3.05, 3.63) is 30.2 Å². The van der Waals surface area contributed by atoms with Crippen LogP contribution < -0.4 is 16.0 Å². The van der Waals surface area contributed by atoms with Gasteiger partial charge in [-0.2, -0.15) is 0 Å². The van der Waals surface area contributed by atoms with Gasteiger partial charge < -0.3 is 20.7 Å². The van der Waals surface area contributed by atoms with E-state index in [4.69, 9.17) is 4.74 Å². The Morgan fingerprint density at radius 2 is 1.90 bits per heavy atom. The first kappa shape index (κ1) is 24.4. The lowest BCUT2D eigenvalue weighted by atomic mass is 9.93. The highest BCUT2D eigenvalue weighted by Gasteiger charge is 2.30. The number of carbonyl (C=O) groups is 1. The summed E-state index contributed by atoms with van der Waals surface area (Å²) < 4.78 is 7.44. The fourth-order valence-electron chi connectivity index (χ4n) is 3.23. The summed E-state index contributed by atoms with van der Waals surface area (Å²) in [5.74, 6) is 1.64. The van der Waals surface area contributed by atoms with Crippen LogP contribution >= 0.6 is 0 Å². The number of pyridine rings is 1. The molecule has 0 atom stereocenters. The minimum atomic E-state index is -0.530.